The third-order valence-electron chi connectivity index (χ3n) is 4.28. The molecule has 0 atom stereocenters. The molecular weight excluding hydrogens is 325 g/mol. The predicted octanol–water partition coefficient (Wildman–Crippen LogP) is 4.98. The van der Waals surface area contributed by atoms with Crippen molar-refractivity contribution in [3.63, 3.8) is 0 Å². The second-order valence-corrected chi connectivity index (χ2v) is 7.45. The fourth-order valence-corrected chi connectivity index (χ4v) is 3.70. The summed E-state index contributed by atoms with van der Waals surface area (Å²) in [5, 5.41) is 3.63. The van der Waals surface area contributed by atoms with Crippen LogP contribution in [0.1, 0.15) is 43.0 Å². The van der Waals surface area contributed by atoms with Gasteiger partial charge in [0, 0.05) is 10.8 Å². The minimum absolute atomic E-state index is 0.119. The van der Waals surface area contributed by atoms with E-state index in [0.29, 0.717) is 22.4 Å². The largest absolute Gasteiger partial charge is 0.345 e. The number of nitrogens with one attached hydrogen (secondary N) is 1. The van der Waals surface area contributed by atoms with Crippen LogP contribution >= 0.6 is 35.0 Å². The maximum absolute atomic E-state index is 12.6. The van der Waals surface area contributed by atoms with Crippen LogP contribution in [0.2, 0.25) is 5.02 Å². The highest BCUT2D eigenvalue weighted by Crippen LogP contribution is 2.33. The first-order chi connectivity index (χ1) is 9.99. The zero-order valence-corrected chi connectivity index (χ0v) is 14.7. The molecule has 0 radical (unpaired) electrons. The van der Waals surface area contributed by atoms with Crippen LogP contribution in [0, 0.1) is 5.92 Å². The Balaban J connectivity index is 2.16. The van der Waals surface area contributed by atoms with Gasteiger partial charge in [0.05, 0.1) is 16.1 Å². The van der Waals surface area contributed by atoms with Gasteiger partial charge in [-0.25, -0.2) is 0 Å². The van der Waals surface area contributed by atoms with Crippen LogP contribution in [-0.4, -0.2) is 23.6 Å². The van der Waals surface area contributed by atoms with E-state index in [-0.39, 0.29) is 11.4 Å². The van der Waals surface area contributed by atoms with E-state index in [9.17, 15) is 4.79 Å². The highest BCUT2D eigenvalue weighted by molar-refractivity contribution is 7.98. The lowest BCUT2D eigenvalue weighted by atomic mass is 9.78. The van der Waals surface area contributed by atoms with Crippen molar-refractivity contribution < 1.29 is 4.79 Å². The zero-order valence-electron chi connectivity index (χ0n) is 12.4. The first-order valence-corrected chi connectivity index (χ1v) is 9.35. The number of hydrogen-bond donors (Lipinski definition) is 1. The van der Waals surface area contributed by atoms with Crippen LogP contribution in [0.3, 0.4) is 0 Å². The molecule has 1 N–H and O–H groups in total. The van der Waals surface area contributed by atoms with Gasteiger partial charge < -0.3 is 5.32 Å². The molecule has 2 rings (SSSR count). The number of thioether (sulfide) groups is 1. The quantitative estimate of drug-likeness (QED) is 0.615. The molecule has 0 unspecified atom stereocenters. The summed E-state index contributed by atoms with van der Waals surface area (Å²) in [5.74, 6) is 1.04. The summed E-state index contributed by atoms with van der Waals surface area (Å²) < 4.78 is 0. The third-order valence-corrected chi connectivity index (χ3v) is 5.85. The van der Waals surface area contributed by atoms with Gasteiger partial charge in [-0.2, -0.15) is 0 Å². The number of benzene rings is 1. The van der Waals surface area contributed by atoms with Crippen molar-refractivity contribution in [2.24, 2.45) is 5.92 Å². The molecule has 1 amide bonds. The molecule has 1 aliphatic carbocycles. The summed E-state index contributed by atoms with van der Waals surface area (Å²) in [6, 6.07) is 5.54. The molecule has 0 aliphatic heterocycles. The SMILES string of the molecule is CSc1ccc(Cl)c(C(=O)NC2(CCl)CCC(C)CC2)c1. The summed E-state index contributed by atoms with van der Waals surface area (Å²) in [6.07, 6.45) is 6.05. The van der Waals surface area contributed by atoms with Crippen molar-refractivity contribution in [2.75, 3.05) is 12.1 Å². The van der Waals surface area contributed by atoms with Crippen molar-refractivity contribution in [1.29, 1.82) is 0 Å². The van der Waals surface area contributed by atoms with Crippen molar-refractivity contribution in [1.82, 2.24) is 5.32 Å². The molecule has 1 saturated carbocycles. The number of amides is 1. The van der Waals surface area contributed by atoms with E-state index in [0.717, 1.165) is 30.6 Å². The molecule has 5 heteroatoms. The number of carbonyl (C=O) groups is 1. The smallest absolute Gasteiger partial charge is 0.253 e. The fraction of sp³-hybridized carbons (Fsp3) is 0.562. The molecule has 1 fully saturated rings. The number of hydrogen-bond acceptors (Lipinski definition) is 2. The standard InChI is InChI=1S/C16H21Cl2NOS/c1-11-5-7-16(10-17,8-6-11)19-15(20)13-9-12(21-2)3-4-14(13)18/h3-4,9,11H,5-8,10H2,1-2H3,(H,19,20). The molecule has 0 saturated heterocycles. The van der Waals surface area contributed by atoms with Gasteiger partial charge >= 0.3 is 0 Å². The van der Waals surface area contributed by atoms with Gasteiger partial charge in [0.25, 0.3) is 5.91 Å². The fourth-order valence-electron chi connectivity index (χ4n) is 2.72. The van der Waals surface area contributed by atoms with Crippen molar-refractivity contribution in [3.05, 3.63) is 28.8 Å². The lowest BCUT2D eigenvalue weighted by Gasteiger charge is -2.38. The Morgan fingerprint density at radius 3 is 2.67 bits per heavy atom. The Morgan fingerprint density at radius 1 is 1.43 bits per heavy atom. The van der Waals surface area contributed by atoms with Crippen LogP contribution in [-0.2, 0) is 0 Å². The summed E-state index contributed by atoms with van der Waals surface area (Å²) >= 11 is 13.9. The van der Waals surface area contributed by atoms with E-state index in [1.54, 1.807) is 17.8 Å². The zero-order chi connectivity index (χ0) is 15.5. The maximum Gasteiger partial charge on any atom is 0.253 e. The van der Waals surface area contributed by atoms with Gasteiger partial charge in [0.1, 0.15) is 0 Å². The number of rotatable bonds is 4. The highest BCUT2D eigenvalue weighted by Gasteiger charge is 2.35. The van der Waals surface area contributed by atoms with Crippen molar-refractivity contribution in [3.8, 4) is 0 Å². The Bertz CT molecular complexity index is 513. The Kier molecular flexibility index (Phi) is 5.87. The normalized spacial score (nSPS) is 25.6. The number of alkyl halides is 1. The van der Waals surface area contributed by atoms with Crippen molar-refractivity contribution in [2.45, 2.75) is 43.0 Å². The Labute approximate surface area is 141 Å². The monoisotopic (exact) mass is 345 g/mol. The van der Waals surface area contributed by atoms with E-state index in [2.05, 4.69) is 12.2 Å². The molecule has 1 aromatic rings. The predicted molar refractivity (Wildman–Crippen MR) is 91.8 cm³/mol. The summed E-state index contributed by atoms with van der Waals surface area (Å²) in [4.78, 5) is 13.6. The minimum Gasteiger partial charge on any atom is -0.345 e. The van der Waals surface area contributed by atoms with E-state index < -0.39 is 0 Å². The van der Waals surface area contributed by atoms with Crippen molar-refractivity contribution >= 4 is 40.9 Å². The van der Waals surface area contributed by atoms with E-state index in [1.165, 1.54) is 0 Å². The van der Waals surface area contributed by atoms with Crippen LogP contribution in [0.5, 0.6) is 0 Å². The van der Waals surface area contributed by atoms with Crippen LogP contribution in [0.4, 0.5) is 0 Å². The lowest BCUT2D eigenvalue weighted by Crippen LogP contribution is -2.52. The highest BCUT2D eigenvalue weighted by atomic mass is 35.5. The summed E-state index contributed by atoms with van der Waals surface area (Å²) in [6.45, 7) is 2.25. The second-order valence-electron chi connectivity index (χ2n) is 5.90. The molecule has 0 bridgehead atoms. The average Bonchev–Trinajstić information content (AvgIpc) is 2.50. The van der Waals surface area contributed by atoms with E-state index >= 15 is 0 Å². The third kappa shape index (κ3) is 4.08. The van der Waals surface area contributed by atoms with Gasteiger partial charge in [-0.05, 0) is 56.1 Å². The molecular formula is C16H21Cl2NOS. The first-order valence-electron chi connectivity index (χ1n) is 7.22. The number of halogens is 2. The van der Waals surface area contributed by atoms with E-state index in [1.807, 2.05) is 18.4 Å². The maximum atomic E-state index is 12.6. The topological polar surface area (TPSA) is 29.1 Å². The molecule has 1 aromatic carbocycles. The van der Waals surface area contributed by atoms with Gasteiger partial charge in [-0.15, -0.1) is 23.4 Å². The number of carbonyl (C=O) groups excluding carboxylic acids is 1. The Hall–Kier alpha value is -0.380. The first kappa shape index (κ1) is 17.0. The van der Waals surface area contributed by atoms with Gasteiger partial charge in [-0.3, -0.25) is 4.79 Å². The molecule has 0 spiro atoms. The Morgan fingerprint density at radius 2 is 2.10 bits per heavy atom. The van der Waals surface area contributed by atoms with Crippen LogP contribution in [0.15, 0.2) is 23.1 Å². The molecule has 116 valence electrons. The molecule has 2 nitrogen and oxygen atoms in total. The molecule has 0 aromatic heterocycles. The van der Waals surface area contributed by atoms with Gasteiger partial charge in [0.2, 0.25) is 0 Å². The lowest BCUT2D eigenvalue weighted by molar-refractivity contribution is 0.0872. The summed E-state index contributed by atoms with van der Waals surface area (Å²) in [5.41, 5.74) is 0.246. The van der Waals surface area contributed by atoms with Crippen LogP contribution in [0.25, 0.3) is 0 Å². The molecule has 1 aliphatic rings. The summed E-state index contributed by atoms with van der Waals surface area (Å²) in [7, 11) is 0. The molecule has 21 heavy (non-hydrogen) atoms. The second kappa shape index (κ2) is 7.26. The average molecular weight is 346 g/mol. The van der Waals surface area contributed by atoms with Crippen LogP contribution < -0.4 is 5.32 Å². The van der Waals surface area contributed by atoms with E-state index in [4.69, 9.17) is 23.2 Å². The molecule has 0 heterocycles. The van der Waals surface area contributed by atoms with Gasteiger partial charge in [0.15, 0.2) is 0 Å². The van der Waals surface area contributed by atoms with Gasteiger partial charge in [-0.1, -0.05) is 18.5 Å². The minimum atomic E-state index is -0.288.